The molecule has 0 unspecified atom stereocenters. The molecule has 1 saturated heterocycles. The number of hydrogen-bond donors (Lipinski definition) is 1. The Bertz CT molecular complexity index is 1630. The number of anilines is 1. The fourth-order valence-corrected chi connectivity index (χ4v) is 5.08. The molecule has 4 aromatic rings. The van der Waals surface area contributed by atoms with Gasteiger partial charge in [0.1, 0.15) is 5.57 Å². The van der Waals surface area contributed by atoms with Gasteiger partial charge < -0.3 is 0 Å². The molecule has 5 rings (SSSR count). The van der Waals surface area contributed by atoms with Crippen molar-refractivity contribution in [3.63, 3.8) is 0 Å². The predicted molar refractivity (Wildman–Crippen MR) is 143 cm³/mol. The molecule has 8 heteroatoms. The largest absolute Gasteiger partial charge is 0.335 e. The fraction of sp³-hybridized carbons (Fsp3) is 0.143. The molecule has 7 nitrogen and oxygen atoms in total. The van der Waals surface area contributed by atoms with E-state index in [0.717, 1.165) is 38.2 Å². The van der Waals surface area contributed by atoms with Crippen LogP contribution in [0, 0.1) is 27.7 Å². The summed E-state index contributed by atoms with van der Waals surface area (Å²) < 4.78 is 2.40. The van der Waals surface area contributed by atoms with Gasteiger partial charge in [-0.25, -0.2) is 14.4 Å². The summed E-state index contributed by atoms with van der Waals surface area (Å²) in [5, 5.41) is 9.13. The molecule has 0 radical (unpaired) electrons. The van der Waals surface area contributed by atoms with Crippen molar-refractivity contribution in [2.45, 2.75) is 27.7 Å². The Hall–Kier alpha value is -4.04. The summed E-state index contributed by atoms with van der Waals surface area (Å²) in [7, 11) is 0. The van der Waals surface area contributed by atoms with Crippen LogP contribution in [0.4, 0.5) is 10.5 Å². The Kier molecular flexibility index (Phi) is 5.84. The first-order chi connectivity index (χ1) is 17.2. The smallest absolute Gasteiger partial charge is 0.273 e. The second-order valence-electron chi connectivity index (χ2n) is 8.84. The zero-order valence-corrected chi connectivity index (χ0v) is 21.8. The first-order valence-electron chi connectivity index (χ1n) is 11.4. The molecule has 0 aliphatic carbocycles. The van der Waals surface area contributed by atoms with E-state index < -0.39 is 17.8 Å². The third-order valence-electron chi connectivity index (χ3n) is 6.54. The van der Waals surface area contributed by atoms with E-state index in [1.165, 1.54) is 6.08 Å². The lowest BCUT2D eigenvalue weighted by Gasteiger charge is -2.27. The lowest BCUT2D eigenvalue weighted by Crippen LogP contribution is -2.54. The van der Waals surface area contributed by atoms with Crippen LogP contribution in [-0.4, -0.2) is 27.6 Å². The normalized spacial score (nSPS) is 15.2. The zero-order valence-electron chi connectivity index (χ0n) is 20.2. The van der Waals surface area contributed by atoms with Crippen LogP contribution in [0.15, 0.2) is 64.6 Å². The van der Waals surface area contributed by atoms with Crippen LogP contribution in [0.5, 0.6) is 0 Å². The number of rotatable bonds is 3. The van der Waals surface area contributed by atoms with Gasteiger partial charge in [-0.15, -0.1) is 0 Å². The zero-order chi connectivity index (χ0) is 25.7. The average molecular weight is 543 g/mol. The van der Waals surface area contributed by atoms with E-state index in [0.29, 0.717) is 21.4 Å². The molecule has 4 amide bonds. The number of hydrogen-bond acceptors (Lipinski definition) is 4. The Morgan fingerprint density at radius 2 is 1.58 bits per heavy atom. The first-order valence-corrected chi connectivity index (χ1v) is 12.2. The summed E-state index contributed by atoms with van der Waals surface area (Å²) in [4.78, 5) is 40.0. The molecule has 2 heterocycles. The molecule has 180 valence electrons. The minimum absolute atomic E-state index is 0.136. The molecule has 0 atom stereocenters. The van der Waals surface area contributed by atoms with E-state index in [1.54, 1.807) is 6.07 Å². The minimum Gasteiger partial charge on any atom is -0.273 e. The molecule has 1 aromatic heterocycles. The number of urea groups is 1. The van der Waals surface area contributed by atoms with Crippen molar-refractivity contribution in [2.75, 3.05) is 4.90 Å². The van der Waals surface area contributed by atoms with Crippen molar-refractivity contribution < 1.29 is 14.4 Å². The number of nitrogens with one attached hydrogen (secondary N) is 1. The molecule has 0 saturated carbocycles. The van der Waals surface area contributed by atoms with Gasteiger partial charge in [-0.05, 0) is 84.4 Å². The third-order valence-corrected chi connectivity index (χ3v) is 7.17. The van der Waals surface area contributed by atoms with Crippen LogP contribution in [0.3, 0.4) is 0 Å². The molecule has 1 aliphatic heterocycles. The quantitative estimate of drug-likeness (QED) is 0.266. The maximum Gasteiger partial charge on any atom is 0.335 e. The Balaban J connectivity index is 1.61. The maximum atomic E-state index is 13.5. The van der Waals surface area contributed by atoms with Gasteiger partial charge in [-0.1, -0.05) is 36.4 Å². The van der Waals surface area contributed by atoms with E-state index >= 15 is 0 Å². The van der Waals surface area contributed by atoms with Gasteiger partial charge in [0.15, 0.2) is 0 Å². The summed E-state index contributed by atoms with van der Waals surface area (Å²) in [5.41, 5.74) is 5.14. The van der Waals surface area contributed by atoms with Crippen molar-refractivity contribution in [1.82, 2.24) is 15.1 Å². The molecule has 0 bridgehead atoms. The highest BCUT2D eigenvalue weighted by Crippen LogP contribution is 2.33. The molecule has 1 fully saturated rings. The monoisotopic (exact) mass is 542 g/mol. The highest BCUT2D eigenvalue weighted by Gasteiger charge is 2.38. The number of halogens is 1. The molecule has 1 aliphatic rings. The second-order valence-corrected chi connectivity index (χ2v) is 9.69. The Morgan fingerprint density at radius 1 is 0.889 bits per heavy atom. The number of aryl methyl sites for hydroxylation is 3. The second kappa shape index (κ2) is 8.87. The molecule has 3 aromatic carbocycles. The van der Waals surface area contributed by atoms with E-state index in [1.807, 2.05) is 80.9 Å². The number of amides is 4. The van der Waals surface area contributed by atoms with Crippen molar-refractivity contribution in [1.29, 1.82) is 0 Å². The van der Waals surface area contributed by atoms with Gasteiger partial charge in [-0.2, -0.15) is 5.10 Å². The SMILES string of the molecule is Cc1cc(Br)c(N2C(=O)NC(=O)/C(=C/c3c(C)nn(-c4cccc5ccccc45)c3C)C2=O)cc1C. The van der Waals surface area contributed by atoms with Crippen molar-refractivity contribution in [2.24, 2.45) is 0 Å². The van der Waals surface area contributed by atoms with Gasteiger partial charge >= 0.3 is 6.03 Å². The lowest BCUT2D eigenvalue weighted by atomic mass is 10.0. The fourth-order valence-electron chi connectivity index (χ4n) is 4.45. The van der Waals surface area contributed by atoms with Gasteiger partial charge in [-0.3, -0.25) is 14.9 Å². The summed E-state index contributed by atoms with van der Waals surface area (Å²) >= 11 is 3.45. The Morgan fingerprint density at radius 3 is 2.36 bits per heavy atom. The van der Waals surface area contributed by atoms with Gasteiger partial charge in [0.05, 0.1) is 17.1 Å². The van der Waals surface area contributed by atoms with Crippen LogP contribution >= 0.6 is 15.9 Å². The number of imide groups is 2. The van der Waals surface area contributed by atoms with Crippen LogP contribution < -0.4 is 10.2 Å². The highest BCUT2D eigenvalue weighted by atomic mass is 79.9. The first kappa shape index (κ1) is 23.7. The molecule has 1 N–H and O–H groups in total. The van der Waals surface area contributed by atoms with Crippen molar-refractivity contribution in [3.8, 4) is 5.69 Å². The minimum atomic E-state index is -0.786. The number of fused-ring (bicyclic) bond motifs is 1. The standard InChI is InChI=1S/C28H23BrN4O3/c1-15-12-23(29)25(13-16(15)2)32-27(35)22(26(34)30-28(32)36)14-21-17(3)31-33(18(21)4)24-11-7-9-19-8-5-6-10-20(19)24/h5-14H,1-4H3,(H,30,34,36)/b22-14-. The highest BCUT2D eigenvalue weighted by molar-refractivity contribution is 9.10. The molecular weight excluding hydrogens is 520 g/mol. The van der Waals surface area contributed by atoms with Crippen LogP contribution in [0.2, 0.25) is 0 Å². The van der Waals surface area contributed by atoms with E-state index in [9.17, 15) is 14.4 Å². The Labute approximate surface area is 216 Å². The summed E-state index contributed by atoms with van der Waals surface area (Å²) in [6.45, 7) is 7.56. The van der Waals surface area contributed by atoms with Gasteiger partial charge in [0.2, 0.25) is 0 Å². The van der Waals surface area contributed by atoms with Crippen LogP contribution in [0.1, 0.15) is 28.1 Å². The summed E-state index contributed by atoms with van der Waals surface area (Å²) in [6.07, 6.45) is 1.52. The molecule has 36 heavy (non-hydrogen) atoms. The molecular formula is C28H23BrN4O3. The maximum absolute atomic E-state index is 13.5. The summed E-state index contributed by atoms with van der Waals surface area (Å²) in [5.74, 6) is -1.43. The van der Waals surface area contributed by atoms with E-state index in [2.05, 4.69) is 21.2 Å². The average Bonchev–Trinajstić information content (AvgIpc) is 3.12. The topological polar surface area (TPSA) is 84.3 Å². The number of nitrogens with zero attached hydrogens (tertiary/aromatic N) is 3. The van der Waals surface area contributed by atoms with Crippen molar-refractivity contribution in [3.05, 3.63) is 92.7 Å². The number of barbiturate groups is 1. The van der Waals surface area contributed by atoms with Gasteiger partial charge in [0, 0.05) is 21.1 Å². The number of aromatic nitrogens is 2. The number of carbonyl (C=O) groups excluding carboxylic acids is 3. The summed E-state index contributed by atoms with van der Waals surface area (Å²) in [6, 6.07) is 16.8. The van der Waals surface area contributed by atoms with Gasteiger partial charge in [0.25, 0.3) is 11.8 Å². The van der Waals surface area contributed by atoms with Crippen molar-refractivity contribution >= 4 is 56.3 Å². The lowest BCUT2D eigenvalue weighted by molar-refractivity contribution is -0.122. The predicted octanol–water partition coefficient (Wildman–Crippen LogP) is 5.69. The van der Waals surface area contributed by atoms with E-state index in [-0.39, 0.29) is 5.57 Å². The van der Waals surface area contributed by atoms with Crippen LogP contribution in [0.25, 0.3) is 22.5 Å². The number of benzene rings is 3. The van der Waals surface area contributed by atoms with E-state index in [4.69, 9.17) is 5.10 Å². The third kappa shape index (κ3) is 3.83. The molecule has 0 spiro atoms. The number of carbonyl (C=O) groups is 3. The van der Waals surface area contributed by atoms with Crippen LogP contribution in [-0.2, 0) is 9.59 Å².